The van der Waals surface area contributed by atoms with E-state index in [4.69, 9.17) is 4.55 Å². The van der Waals surface area contributed by atoms with Crippen LogP contribution in [-0.2, 0) is 14.9 Å². The molecular weight excluding hydrogens is 174 g/mol. The van der Waals surface area contributed by atoms with E-state index in [-0.39, 0.29) is 11.4 Å². The fourth-order valence-corrected chi connectivity index (χ4v) is 0. The fraction of sp³-hybridized carbons (Fsp3) is 0.750. The van der Waals surface area contributed by atoms with Crippen molar-refractivity contribution in [3.05, 3.63) is 0 Å². The molecule has 0 aromatic rings. The molecule has 0 unspecified atom stereocenters. The highest BCUT2D eigenvalue weighted by Crippen LogP contribution is 1.63. The van der Waals surface area contributed by atoms with Crippen LogP contribution in [0.5, 0.6) is 0 Å². The van der Waals surface area contributed by atoms with Gasteiger partial charge in [-0.1, -0.05) is 6.92 Å². The molecule has 0 aliphatic heterocycles. The summed E-state index contributed by atoms with van der Waals surface area (Å²) in [5.41, 5.74) is 4.65. The maximum absolute atomic E-state index is 9.59. The summed E-state index contributed by atoms with van der Waals surface area (Å²) in [6, 6.07) is 0. The van der Waals surface area contributed by atoms with E-state index in [1.165, 1.54) is 0 Å². The fourth-order valence-electron chi connectivity index (χ4n) is 0. The van der Waals surface area contributed by atoms with Crippen LogP contribution in [0.4, 0.5) is 0 Å². The normalized spacial score (nSPS) is 8.64. The predicted molar refractivity (Wildman–Crippen MR) is 40.6 cm³/mol. The summed E-state index contributed by atoms with van der Waals surface area (Å²) in [6.45, 7) is 1.72. The van der Waals surface area contributed by atoms with Crippen molar-refractivity contribution in [2.24, 2.45) is 5.73 Å². The van der Waals surface area contributed by atoms with Crippen LogP contribution in [0, 0.1) is 0 Å². The van der Waals surface area contributed by atoms with Crippen LogP contribution in [-0.4, -0.2) is 30.6 Å². The quantitative estimate of drug-likeness (QED) is 0.487. The van der Waals surface area contributed by atoms with Gasteiger partial charge in [-0.3, -0.25) is 9.35 Å². The third-order valence-corrected chi connectivity index (χ3v) is 0.348. The van der Waals surface area contributed by atoms with Crippen molar-refractivity contribution in [2.75, 3.05) is 6.26 Å². The van der Waals surface area contributed by atoms with Crippen LogP contribution in [0.2, 0.25) is 0 Å². The average molecular weight is 187 g/mol. The van der Waals surface area contributed by atoms with Crippen molar-refractivity contribution in [1.82, 2.24) is 0 Å². The average Bonchev–Trinajstić information content (AvgIpc) is 1.61. The molecule has 6 nitrogen and oxygen atoms in total. The Bertz CT molecular complexity index is 177. The minimum Gasteiger partial charge on any atom is -0.412 e. The minimum absolute atomic E-state index is 0. The molecule has 1 amide bonds. The largest absolute Gasteiger partial charge is 0.412 e. The highest BCUT2D eigenvalue weighted by molar-refractivity contribution is 7.85. The molecule has 0 aromatic heterocycles. The molecule has 11 heavy (non-hydrogen) atoms. The molecule has 0 heterocycles. The number of primary amides is 1. The molecule has 0 rings (SSSR count). The number of hydrogen-bond acceptors (Lipinski definition) is 3. The summed E-state index contributed by atoms with van der Waals surface area (Å²) < 4.78 is 25.9. The third-order valence-electron chi connectivity index (χ3n) is 0.348. The van der Waals surface area contributed by atoms with E-state index in [9.17, 15) is 13.2 Å². The number of hydrogen-bond donors (Lipinski definition) is 2. The van der Waals surface area contributed by atoms with Crippen molar-refractivity contribution in [1.29, 1.82) is 0 Å². The van der Waals surface area contributed by atoms with Gasteiger partial charge in [-0.2, -0.15) is 8.42 Å². The van der Waals surface area contributed by atoms with Gasteiger partial charge in [-0.15, -0.1) is 0 Å². The van der Waals surface area contributed by atoms with E-state index in [1.54, 1.807) is 6.92 Å². The maximum atomic E-state index is 9.59. The molecule has 70 valence electrons. The van der Waals surface area contributed by atoms with Gasteiger partial charge in [0.1, 0.15) is 0 Å². The van der Waals surface area contributed by atoms with E-state index in [0.29, 0.717) is 12.7 Å². The van der Waals surface area contributed by atoms with Gasteiger partial charge < -0.3 is 11.2 Å². The van der Waals surface area contributed by atoms with E-state index in [2.05, 4.69) is 5.73 Å². The van der Waals surface area contributed by atoms with Gasteiger partial charge in [0.15, 0.2) is 0 Å². The molecule has 0 saturated heterocycles. The van der Waals surface area contributed by atoms with Crippen LogP contribution >= 0.6 is 0 Å². The molecule has 7 heteroatoms. The Kier molecular flexibility index (Phi) is 11.3. The van der Waals surface area contributed by atoms with Gasteiger partial charge in [0.2, 0.25) is 5.91 Å². The summed E-state index contributed by atoms with van der Waals surface area (Å²) in [5, 5.41) is 0. The van der Waals surface area contributed by atoms with Crippen molar-refractivity contribution in [3.63, 3.8) is 0 Å². The summed E-state index contributed by atoms with van der Waals surface area (Å²) in [5.74, 6) is -0.245. The van der Waals surface area contributed by atoms with E-state index in [0.717, 1.165) is 0 Å². The smallest absolute Gasteiger partial charge is 0.261 e. The van der Waals surface area contributed by atoms with Crippen molar-refractivity contribution in [2.45, 2.75) is 13.3 Å². The first-order chi connectivity index (χ1) is 4.27. The van der Waals surface area contributed by atoms with E-state index < -0.39 is 10.1 Å². The molecule has 0 saturated carbocycles. The minimum atomic E-state index is -3.67. The lowest BCUT2D eigenvalue weighted by molar-refractivity contribution is -0.117. The first kappa shape index (κ1) is 16.7. The topological polar surface area (TPSA) is 129 Å². The van der Waals surface area contributed by atoms with Gasteiger partial charge in [-0.25, -0.2) is 0 Å². The van der Waals surface area contributed by atoms with Crippen LogP contribution < -0.4 is 5.73 Å². The van der Waals surface area contributed by atoms with Crippen LogP contribution in [0.3, 0.4) is 0 Å². The summed E-state index contributed by atoms with van der Waals surface area (Å²) in [6.07, 6.45) is 1.16. The van der Waals surface area contributed by atoms with E-state index >= 15 is 0 Å². The van der Waals surface area contributed by atoms with Crippen molar-refractivity contribution < 1.29 is 23.2 Å². The van der Waals surface area contributed by atoms with Gasteiger partial charge in [0, 0.05) is 6.42 Å². The number of rotatable bonds is 1. The number of carbonyl (C=O) groups is 1. The second-order valence-electron chi connectivity index (χ2n) is 1.55. The lowest BCUT2D eigenvalue weighted by Crippen LogP contribution is -2.06. The Morgan fingerprint density at radius 3 is 1.64 bits per heavy atom. The Balaban J connectivity index is -0.000000107. The first-order valence-electron chi connectivity index (χ1n) is 2.48. The van der Waals surface area contributed by atoms with Gasteiger partial charge in [0.25, 0.3) is 10.1 Å². The monoisotopic (exact) mass is 187 g/mol. The van der Waals surface area contributed by atoms with Crippen molar-refractivity contribution in [3.8, 4) is 0 Å². The Labute approximate surface area is 65.5 Å². The SMILES string of the molecule is CCC(N)=O.CS(=O)(=O)O.O. The molecule has 0 fully saturated rings. The molecule has 0 radical (unpaired) electrons. The zero-order chi connectivity index (χ0) is 8.78. The third kappa shape index (κ3) is 280. The second kappa shape index (κ2) is 7.45. The molecule has 0 atom stereocenters. The van der Waals surface area contributed by atoms with E-state index in [1.807, 2.05) is 0 Å². The second-order valence-corrected chi connectivity index (χ2v) is 3.02. The summed E-state index contributed by atoms with van der Waals surface area (Å²) in [4.78, 5) is 9.59. The molecular formula is C4H13NO5S. The molecule has 0 bridgehead atoms. The van der Waals surface area contributed by atoms with Crippen LogP contribution in [0.1, 0.15) is 13.3 Å². The molecule has 0 spiro atoms. The lowest BCUT2D eigenvalue weighted by atomic mass is 10.5. The maximum Gasteiger partial charge on any atom is 0.261 e. The zero-order valence-electron chi connectivity index (χ0n) is 6.36. The lowest BCUT2D eigenvalue weighted by Gasteiger charge is -1.73. The Morgan fingerprint density at radius 2 is 1.64 bits per heavy atom. The summed E-state index contributed by atoms with van der Waals surface area (Å²) in [7, 11) is -3.67. The molecule has 5 N–H and O–H groups in total. The molecule has 0 aliphatic rings. The number of amides is 1. The van der Waals surface area contributed by atoms with Crippen molar-refractivity contribution >= 4 is 16.0 Å². The van der Waals surface area contributed by atoms with Crippen LogP contribution in [0.25, 0.3) is 0 Å². The number of carbonyl (C=O) groups excluding carboxylic acids is 1. The van der Waals surface area contributed by atoms with Gasteiger partial charge in [-0.05, 0) is 0 Å². The zero-order valence-corrected chi connectivity index (χ0v) is 7.18. The molecule has 0 aliphatic carbocycles. The van der Waals surface area contributed by atoms with Gasteiger partial charge >= 0.3 is 0 Å². The summed E-state index contributed by atoms with van der Waals surface area (Å²) >= 11 is 0. The highest BCUT2D eigenvalue weighted by atomic mass is 32.2. The van der Waals surface area contributed by atoms with Crippen LogP contribution in [0.15, 0.2) is 0 Å². The highest BCUT2D eigenvalue weighted by Gasteiger charge is 1.81. The standard InChI is InChI=1S/C3H7NO.CH4O3S.H2O/c1-2-3(4)5;1-5(2,3)4;/h2H2,1H3,(H2,4,5);1H3,(H,2,3,4);1H2. The van der Waals surface area contributed by atoms with Gasteiger partial charge in [0.05, 0.1) is 6.26 Å². The molecule has 0 aromatic carbocycles. The Morgan fingerprint density at radius 1 is 1.55 bits per heavy atom. The predicted octanol–water partition coefficient (Wildman–Crippen LogP) is -1.44. The first-order valence-corrected chi connectivity index (χ1v) is 4.33. The Hall–Kier alpha value is -0.660. The number of nitrogens with two attached hydrogens (primary N) is 1.